The lowest BCUT2D eigenvalue weighted by Crippen LogP contribution is -2.35. The van der Waals surface area contributed by atoms with E-state index in [1.807, 2.05) is 47.3 Å². The Morgan fingerprint density at radius 2 is 1.90 bits per heavy atom. The number of ether oxygens (including phenoxy) is 1. The number of hydrogen-bond acceptors (Lipinski definition) is 4. The Balaban J connectivity index is 1.27. The van der Waals surface area contributed by atoms with Crippen LogP contribution in [0, 0.1) is 0 Å². The fraction of sp³-hybridized carbons (Fsp3) is 0.360. The summed E-state index contributed by atoms with van der Waals surface area (Å²) in [7, 11) is 0. The van der Waals surface area contributed by atoms with Crippen LogP contribution >= 0.6 is 0 Å². The Labute approximate surface area is 183 Å². The van der Waals surface area contributed by atoms with Crippen molar-refractivity contribution < 1.29 is 14.6 Å². The summed E-state index contributed by atoms with van der Waals surface area (Å²) in [6.07, 6.45) is 5.18. The van der Waals surface area contributed by atoms with E-state index in [4.69, 9.17) is 9.84 Å². The average Bonchev–Trinajstić information content (AvgIpc) is 3.43. The van der Waals surface area contributed by atoms with Crippen LogP contribution in [-0.4, -0.2) is 51.5 Å². The van der Waals surface area contributed by atoms with Gasteiger partial charge in [-0.3, -0.25) is 14.4 Å². The molecule has 0 bridgehead atoms. The highest BCUT2D eigenvalue weighted by Gasteiger charge is 2.24. The summed E-state index contributed by atoms with van der Waals surface area (Å²) < 4.78 is 7.98. The van der Waals surface area contributed by atoms with Crippen molar-refractivity contribution in [3.63, 3.8) is 0 Å². The van der Waals surface area contributed by atoms with Crippen LogP contribution in [0.3, 0.4) is 0 Å². The molecule has 6 nitrogen and oxygen atoms in total. The monoisotopic (exact) mass is 419 g/mol. The van der Waals surface area contributed by atoms with Crippen molar-refractivity contribution in [1.82, 2.24) is 14.7 Å². The molecule has 0 radical (unpaired) electrons. The van der Waals surface area contributed by atoms with Crippen LogP contribution in [0.2, 0.25) is 0 Å². The van der Waals surface area contributed by atoms with E-state index in [1.165, 1.54) is 5.56 Å². The zero-order valence-electron chi connectivity index (χ0n) is 17.7. The van der Waals surface area contributed by atoms with Crippen molar-refractivity contribution in [3.8, 4) is 17.0 Å². The van der Waals surface area contributed by atoms with Gasteiger partial charge < -0.3 is 9.84 Å². The van der Waals surface area contributed by atoms with Gasteiger partial charge in [0.1, 0.15) is 12.4 Å². The van der Waals surface area contributed by atoms with Crippen LogP contribution in [-0.2, 0) is 11.3 Å². The van der Waals surface area contributed by atoms with Gasteiger partial charge in [0.25, 0.3) is 0 Å². The molecule has 1 N–H and O–H groups in total. The number of hydrogen-bond donors (Lipinski definition) is 1. The van der Waals surface area contributed by atoms with Crippen LogP contribution in [0.25, 0.3) is 11.3 Å². The van der Waals surface area contributed by atoms with Gasteiger partial charge >= 0.3 is 5.97 Å². The van der Waals surface area contributed by atoms with Gasteiger partial charge in [0, 0.05) is 24.2 Å². The quantitative estimate of drug-likeness (QED) is 0.530. The molecule has 1 saturated heterocycles. The Hall–Kier alpha value is -3.12. The molecule has 6 heteroatoms. The molecule has 1 aliphatic heterocycles. The van der Waals surface area contributed by atoms with Gasteiger partial charge in [-0.05, 0) is 56.1 Å². The number of carboxylic acid groups (broad SMARTS) is 1. The summed E-state index contributed by atoms with van der Waals surface area (Å²) in [4.78, 5) is 13.1. The molecule has 0 amide bonds. The van der Waals surface area contributed by atoms with Gasteiger partial charge in [-0.2, -0.15) is 5.10 Å². The summed E-state index contributed by atoms with van der Waals surface area (Å²) in [6, 6.07) is 20.8. The second-order valence-corrected chi connectivity index (χ2v) is 8.05. The summed E-state index contributed by atoms with van der Waals surface area (Å²) in [6.45, 7) is 3.22. The van der Waals surface area contributed by atoms with E-state index in [9.17, 15) is 4.79 Å². The Morgan fingerprint density at radius 3 is 2.68 bits per heavy atom. The second kappa shape index (κ2) is 10.3. The third-order valence-corrected chi connectivity index (χ3v) is 5.76. The maximum absolute atomic E-state index is 10.7. The molecule has 0 spiro atoms. The number of likely N-dealkylation sites (tertiary alicyclic amines) is 1. The van der Waals surface area contributed by atoms with E-state index in [2.05, 4.69) is 34.3 Å². The molecular formula is C25H29N3O3. The zero-order chi connectivity index (χ0) is 21.5. The van der Waals surface area contributed by atoms with Crippen molar-refractivity contribution in [2.75, 3.05) is 19.7 Å². The van der Waals surface area contributed by atoms with Crippen molar-refractivity contribution >= 4 is 5.97 Å². The number of aliphatic carboxylic acids is 1. The van der Waals surface area contributed by atoms with E-state index < -0.39 is 5.97 Å². The number of benzene rings is 2. The lowest BCUT2D eigenvalue weighted by molar-refractivity contribution is -0.137. The number of nitrogens with zero attached hydrogens (tertiary/aromatic N) is 3. The minimum absolute atomic E-state index is 0.231. The van der Waals surface area contributed by atoms with Crippen molar-refractivity contribution in [2.45, 2.75) is 38.3 Å². The number of carbonyl (C=O) groups is 1. The maximum Gasteiger partial charge on any atom is 0.303 e. The summed E-state index contributed by atoms with van der Waals surface area (Å²) in [5.74, 6) is 0.144. The molecule has 1 aliphatic rings. The minimum atomic E-state index is -0.724. The number of aromatic nitrogens is 2. The largest absolute Gasteiger partial charge is 0.492 e. The first-order chi connectivity index (χ1) is 15.2. The topological polar surface area (TPSA) is 67.6 Å². The van der Waals surface area contributed by atoms with E-state index in [0.717, 1.165) is 42.9 Å². The van der Waals surface area contributed by atoms with Gasteiger partial charge in [0.2, 0.25) is 0 Å². The van der Waals surface area contributed by atoms with Crippen LogP contribution in [0.1, 0.15) is 31.2 Å². The van der Waals surface area contributed by atoms with Gasteiger partial charge in [-0.1, -0.05) is 42.5 Å². The van der Waals surface area contributed by atoms with Gasteiger partial charge in [0.15, 0.2) is 0 Å². The predicted octanol–water partition coefficient (Wildman–Crippen LogP) is 4.31. The van der Waals surface area contributed by atoms with Crippen molar-refractivity contribution in [1.29, 1.82) is 0 Å². The first-order valence-corrected chi connectivity index (χ1v) is 10.9. The zero-order valence-corrected chi connectivity index (χ0v) is 17.7. The second-order valence-electron chi connectivity index (χ2n) is 8.05. The van der Waals surface area contributed by atoms with E-state index in [0.29, 0.717) is 25.6 Å². The predicted molar refractivity (Wildman–Crippen MR) is 120 cm³/mol. The maximum atomic E-state index is 10.7. The molecule has 31 heavy (non-hydrogen) atoms. The third kappa shape index (κ3) is 5.95. The Bertz CT molecular complexity index is 969. The molecule has 2 heterocycles. The van der Waals surface area contributed by atoms with Gasteiger partial charge in [-0.25, -0.2) is 0 Å². The van der Waals surface area contributed by atoms with Crippen LogP contribution in [0.4, 0.5) is 0 Å². The van der Waals surface area contributed by atoms with Crippen LogP contribution in [0.5, 0.6) is 5.75 Å². The molecule has 4 rings (SSSR count). The van der Waals surface area contributed by atoms with Crippen LogP contribution < -0.4 is 4.74 Å². The highest BCUT2D eigenvalue weighted by atomic mass is 16.5. The van der Waals surface area contributed by atoms with Gasteiger partial charge in [-0.15, -0.1) is 0 Å². The first-order valence-electron chi connectivity index (χ1n) is 10.9. The molecule has 3 aromatic rings. The standard InChI is InChI=1S/C25H29N3O3/c29-25(30)9-5-16-27-15-4-8-22(27)19-31-23-12-10-20(11-13-23)18-28-17-14-24(26-28)21-6-2-1-3-7-21/h1-3,6-7,10-14,17,22H,4-5,8-9,15-16,18-19H2,(H,29,30)/t22-/m1/s1. The molecule has 1 atom stereocenters. The molecule has 1 aromatic heterocycles. The summed E-state index contributed by atoms with van der Waals surface area (Å²) in [5.41, 5.74) is 3.27. The molecular weight excluding hydrogens is 390 g/mol. The molecule has 2 aromatic carbocycles. The summed E-state index contributed by atoms with van der Waals surface area (Å²) in [5, 5.41) is 13.5. The molecule has 1 fully saturated rings. The van der Waals surface area contributed by atoms with Crippen LogP contribution in [0.15, 0.2) is 66.9 Å². The van der Waals surface area contributed by atoms with E-state index >= 15 is 0 Å². The minimum Gasteiger partial charge on any atom is -0.492 e. The molecule has 0 aliphatic carbocycles. The van der Waals surface area contributed by atoms with E-state index in [-0.39, 0.29) is 6.42 Å². The Kier molecular flexibility index (Phi) is 6.99. The van der Waals surface area contributed by atoms with Crippen molar-refractivity contribution in [3.05, 3.63) is 72.4 Å². The highest BCUT2D eigenvalue weighted by Crippen LogP contribution is 2.21. The highest BCUT2D eigenvalue weighted by molar-refractivity contribution is 5.66. The first kappa shape index (κ1) is 21.1. The normalized spacial score (nSPS) is 16.5. The SMILES string of the molecule is O=C(O)CCCN1CCC[C@@H]1COc1ccc(Cn2ccc(-c3ccccc3)n2)cc1. The fourth-order valence-corrected chi connectivity index (χ4v) is 4.09. The number of rotatable bonds is 10. The smallest absolute Gasteiger partial charge is 0.303 e. The van der Waals surface area contributed by atoms with Gasteiger partial charge in [0.05, 0.1) is 12.2 Å². The Morgan fingerprint density at radius 1 is 1.10 bits per heavy atom. The lowest BCUT2D eigenvalue weighted by atomic mass is 10.2. The number of carboxylic acids is 1. The third-order valence-electron chi connectivity index (χ3n) is 5.76. The molecule has 0 unspecified atom stereocenters. The van der Waals surface area contributed by atoms with Crippen molar-refractivity contribution in [2.24, 2.45) is 0 Å². The molecule has 162 valence electrons. The van der Waals surface area contributed by atoms with E-state index in [1.54, 1.807) is 0 Å². The fourth-order valence-electron chi connectivity index (χ4n) is 4.09. The lowest BCUT2D eigenvalue weighted by Gasteiger charge is -2.24. The molecule has 0 saturated carbocycles. The average molecular weight is 420 g/mol. The summed E-state index contributed by atoms with van der Waals surface area (Å²) >= 11 is 0.